The SMILES string of the molecule is Cn1cnc(C(=O)NCc2ccc(Cl)c(NC(=O)c3ncn(C)n3)c2)n1. The van der Waals surface area contributed by atoms with E-state index in [1.807, 2.05) is 0 Å². The van der Waals surface area contributed by atoms with E-state index in [0.717, 1.165) is 5.56 Å². The fourth-order valence-electron chi connectivity index (χ4n) is 2.10. The second-order valence-electron chi connectivity index (χ2n) is 5.43. The summed E-state index contributed by atoms with van der Waals surface area (Å²) < 4.78 is 2.87. The van der Waals surface area contributed by atoms with Crippen LogP contribution in [0.3, 0.4) is 0 Å². The molecule has 0 bridgehead atoms. The number of nitrogens with one attached hydrogen (secondary N) is 2. The van der Waals surface area contributed by atoms with Gasteiger partial charge in [-0.25, -0.2) is 9.97 Å². The Morgan fingerprint density at radius 1 is 1.04 bits per heavy atom. The van der Waals surface area contributed by atoms with E-state index in [0.29, 0.717) is 10.7 Å². The minimum atomic E-state index is -0.480. The topological polar surface area (TPSA) is 120 Å². The van der Waals surface area contributed by atoms with Gasteiger partial charge in [-0.1, -0.05) is 17.7 Å². The van der Waals surface area contributed by atoms with Gasteiger partial charge >= 0.3 is 0 Å². The van der Waals surface area contributed by atoms with Gasteiger partial charge in [0.2, 0.25) is 11.6 Å². The molecular weight excluding hydrogens is 360 g/mol. The van der Waals surface area contributed by atoms with Crippen molar-refractivity contribution in [2.45, 2.75) is 6.54 Å². The number of hydrogen-bond acceptors (Lipinski definition) is 6. The number of aromatic nitrogens is 6. The monoisotopic (exact) mass is 374 g/mol. The van der Waals surface area contributed by atoms with Crippen molar-refractivity contribution in [3.8, 4) is 0 Å². The highest BCUT2D eigenvalue weighted by Crippen LogP contribution is 2.23. The number of amides is 2. The van der Waals surface area contributed by atoms with E-state index in [-0.39, 0.29) is 18.2 Å². The number of hydrogen-bond donors (Lipinski definition) is 2. The summed E-state index contributed by atoms with van der Waals surface area (Å²) in [6.07, 6.45) is 2.87. The molecule has 0 radical (unpaired) electrons. The highest BCUT2D eigenvalue weighted by atomic mass is 35.5. The minimum Gasteiger partial charge on any atom is -0.345 e. The third kappa shape index (κ3) is 4.03. The Morgan fingerprint density at radius 2 is 1.65 bits per heavy atom. The zero-order chi connectivity index (χ0) is 18.7. The first-order chi connectivity index (χ1) is 12.4. The highest BCUT2D eigenvalue weighted by Gasteiger charge is 2.14. The second kappa shape index (κ2) is 7.31. The van der Waals surface area contributed by atoms with Crippen molar-refractivity contribution in [3.05, 3.63) is 53.1 Å². The van der Waals surface area contributed by atoms with Crippen LogP contribution in [-0.4, -0.2) is 41.3 Å². The maximum Gasteiger partial charge on any atom is 0.295 e. The Kier molecular flexibility index (Phi) is 4.94. The lowest BCUT2D eigenvalue weighted by Crippen LogP contribution is -2.24. The van der Waals surface area contributed by atoms with E-state index in [9.17, 15) is 9.59 Å². The minimum absolute atomic E-state index is 0.0310. The van der Waals surface area contributed by atoms with Crippen LogP contribution in [0.4, 0.5) is 5.69 Å². The van der Waals surface area contributed by atoms with E-state index in [1.165, 1.54) is 22.0 Å². The smallest absolute Gasteiger partial charge is 0.295 e. The van der Waals surface area contributed by atoms with Gasteiger partial charge in [0.05, 0.1) is 10.7 Å². The molecule has 2 heterocycles. The van der Waals surface area contributed by atoms with Gasteiger partial charge in [-0.15, -0.1) is 10.2 Å². The molecule has 0 unspecified atom stereocenters. The lowest BCUT2D eigenvalue weighted by atomic mass is 10.2. The molecule has 0 aliphatic rings. The van der Waals surface area contributed by atoms with Crippen LogP contribution in [0.25, 0.3) is 0 Å². The second-order valence-corrected chi connectivity index (χ2v) is 5.84. The predicted octanol–water partition coefficient (Wildman–Crippen LogP) is 0.779. The van der Waals surface area contributed by atoms with Crippen LogP contribution in [-0.2, 0) is 20.6 Å². The van der Waals surface area contributed by atoms with Crippen LogP contribution in [0.2, 0.25) is 5.02 Å². The first-order valence-electron chi connectivity index (χ1n) is 7.51. The number of carbonyl (C=O) groups excluding carboxylic acids is 2. The first kappa shape index (κ1) is 17.5. The van der Waals surface area contributed by atoms with Crippen molar-refractivity contribution >= 4 is 29.1 Å². The molecule has 0 aliphatic heterocycles. The Balaban J connectivity index is 1.67. The van der Waals surface area contributed by atoms with E-state index < -0.39 is 11.8 Å². The molecule has 0 atom stereocenters. The van der Waals surface area contributed by atoms with E-state index >= 15 is 0 Å². The van der Waals surface area contributed by atoms with Gasteiger partial charge in [-0.3, -0.25) is 19.0 Å². The first-order valence-corrected chi connectivity index (χ1v) is 7.89. The zero-order valence-corrected chi connectivity index (χ0v) is 14.7. The van der Waals surface area contributed by atoms with Crippen molar-refractivity contribution in [3.63, 3.8) is 0 Å². The predicted molar refractivity (Wildman–Crippen MR) is 92.6 cm³/mol. The standard InChI is InChI=1S/C15H15ClN8O2/c1-23-7-18-12(21-23)14(25)17-6-9-3-4-10(16)11(5-9)20-15(26)13-19-8-24(2)22-13/h3-5,7-8H,6H2,1-2H3,(H,17,25)(H,20,26). The molecule has 3 aromatic rings. The van der Waals surface area contributed by atoms with E-state index in [1.54, 1.807) is 32.3 Å². The third-order valence-electron chi connectivity index (χ3n) is 3.34. The Hall–Kier alpha value is -3.27. The van der Waals surface area contributed by atoms with Crippen molar-refractivity contribution < 1.29 is 9.59 Å². The lowest BCUT2D eigenvalue weighted by Gasteiger charge is -2.09. The number of carbonyl (C=O) groups is 2. The zero-order valence-electron chi connectivity index (χ0n) is 14.0. The molecule has 0 fully saturated rings. The van der Waals surface area contributed by atoms with Crippen LogP contribution in [0, 0.1) is 0 Å². The average Bonchev–Trinajstić information content (AvgIpc) is 3.23. The number of anilines is 1. The molecule has 2 aromatic heterocycles. The number of rotatable bonds is 5. The molecule has 3 rings (SSSR count). The van der Waals surface area contributed by atoms with Gasteiger partial charge in [-0.2, -0.15) is 0 Å². The van der Waals surface area contributed by atoms with E-state index in [2.05, 4.69) is 30.8 Å². The quantitative estimate of drug-likeness (QED) is 0.681. The summed E-state index contributed by atoms with van der Waals surface area (Å²) in [4.78, 5) is 31.9. The summed E-state index contributed by atoms with van der Waals surface area (Å²) in [6, 6.07) is 5.03. The molecule has 0 saturated heterocycles. The molecule has 11 heteroatoms. The summed E-state index contributed by atoms with van der Waals surface area (Å²) in [5.74, 6) is -0.769. The molecule has 134 valence electrons. The summed E-state index contributed by atoms with van der Waals surface area (Å²) in [7, 11) is 3.34. The fourth-order valence-corrected chi connectivity index (χ4v) is 2.27. The molecule has 26 heavy (non-hydrogen) atoms. The molecule has 10 nitrogen and oxygen atoms in total. The molecule has 0 saturated carbocycles. The van der Waals surface area contributed by atoms with Crippen LogP contribution < -0.4 is 10.6 Å². The largest absolute Gasteiger partial charge is 0.345 e. The van der Waals surface area contributed by atoms with Gasteiger partial charge in [0.15, 0.2) is 0 Å². The Morgan fingerprint density at radius 3 is 2.23 bits per heavy atom. The van der Waals surface area contributed by atoms with Crippen molar-refractivity contribution in [2.75, 3.05) is 5.32 Å². The maximum atomic E-state index is 12.1. The number of benzene rings is 1. The molecule has 0 spiro atoms. The van der Waals surface area contributed by atoms with Crippen LogP contribution in [0.5, 0.6) is 0 Å². The van der Waals surface area contributed by atoms with Crippen LogP contribution in [0.1, 0.15) is 26.8 Å². The Bertz CT molecular complexity index is 964. The molecule has 2 N–H and O–H groups in total. The maximum absolute atomic E-state index is 12.1. The summed E-state index contributed by atoms with van der Waals surface area (Å²) in [5.41, 5.74) is 1.13. The molecular formula is C15H15ClN8O2. The van der Waals surface area contributed by atoms with Crippen molar-refractivity contribution in [2.24, 2.45) is 14.1 Å². The fraction of sp³-hybridized carbons (Fsp3) is 0.200. The third-order valence-corrected chi connectivity index (χ3v) is 3.67. The van der Waals surface area contributed by atoms with Crippen molar-refractivity contribution in [1.29, 1.82) is 0 Å². The molecule has 1 aromatic carbocycles. The van der Waals surface area contributed by atoms with Crippen molar-refractivity contribution in [1.82, 2.24) is 34.8 Å². The highest BCUT2D eigenvalue weighted by molar-refractivity contribution is 6.33. The summed E-state index contributed by atoms with van der Waals surface area (Å²) in [6.45, 7) is 0.221. The van der Waals surface area contributed by atoms with Gasteiger partial charge < -0.3 is 10.6 Å². The normalized spacial score (nSPS) is 10.6. The number of halogens is 1. The summed E-state index contributed by atoms with van der Waals surface area (Å²) >= 11 is 6.12. The van der Waals surface area contributed by atoms with Gasteiger partial charge in [0, 0.05) is 20.6 Å². The van der Waals surface area contributed by atoms with Gasteiger partial charge in [-0.05, 0) is 17.7 Å². The summed E-state index contributed by atoms with van der Waals surface area (Å²) in [5, 5.41) is 13.6. The molecule has 2 amide bonds. The molecule has 0 aliphatic carbocycles. The lowest BCUT2D eigenvalue weighted by molar-refractivity contribution is 0.0939. The Labute approximate surface area is 153 Å². The van der Waals surface area contributed by atoms with Gasteiger partial charge in [0.25, 0.3) is 11.8 Å². The van der Waals surface area contributed by atoms with E-state index in [4.69, 9.17) is 11.6 Å². The number of aryl methyl sites for hydroxylation is 2. The van der Waals surface area contributed by atoms with Crippen LogP contribution >= 0.6 is 11.6 Å². The van der Waals surface area contributed by atoms with Crippen LogP contribution in [0.15, 0.2) is 30.9 Å². The number of nitrogens with zero attached hydrogens (tertiary/aromatic N) is 6. The van der Waals surface area contributed by atoms with Gasteiger partial charge in [0.1, 0.15) is 12.7 Å². The average molecular weight is 375 g/mol.